The summed E-state index contributed by atoms with van der Waals surface area (Å²) in [5.41, 5.74) is 1.06. The SMILES string of the molecule is CCCCNC(=NCc1ccccc1OCC1CC1)NCC(=O)N(C)C. The molecule has 1 aromatic carbocycles. The molecular weight excluding hydrogens is 328 g/mol. The molecule has 1 aromatic rings. The molecule has 0 saturated heterocycles. The number of aliphatic imine (C=N–C) groups is 1. The molecule has 2 rings (SSSR count). The molecule has 26 heavy (non-hydrogen) atoms. The summed E-state index contributed by atoms with van der Waals surface area (Å²) in [6.07, 6.45) is 4.71. The normalized spacial score (nSPS) is 14.0. The second kappa shape index (κ2) is 10.7. The van der Waals surface area contributed by atoms with Crippen molar-refractivity contribution in [3.63, 3.8) is 0 Å². The van der Waals surface area contributed by atoms with E-state index in [0.29, 0.717) is 12.5 Å². The third-order valence-electron chi connectivity index (χ3n) is 4.28. The molecule has 0 radical (unpaired) electrons. The average molecular weight is 361 g/mol. The van der Waals surface area contributed by atoms with E-state index in [2.05, 4.69) is 22.5 Å². The summed E-state index contributed by atoms with van der Waals surface area (Å²) in [6.45, 7) is 4.51. The van der Waals surface area contributed by atoms with E-state index >= 15 is 0 Å². The van der Waals surface area contributed by atoms with Gasteiger partial charge in [0, 0.05) is 26.2 Å². The quantitative estimate of drug-likeness (QED) is 0.382. The number of rotatable bonds is 10. The fourth-order valence-electron chi connectivity index (χ4n) is 2.31. The van der Waals surface area contributed by atoms with Crippen molar-refractivity contribution in [1.82, 2.24) is 15.5 Å². The number of nitrogens with one attached hydrogen (secondary N) is 2. The maximum absolute atomic E-state index is 11.8. The van der Waals surface area contributed by atoms with E-state index in [4.69, 9.17) is 4.74 Å². The third-order valence-corrected chi connectivity index (χ3v) is 4.28. The minimum atomic E-state index is 0.0168. The van der Waals surface area contributed by atoms with Crippen LogP contribution in [0.15, 0.2) is 29.3 Å². The summed E-state index contributed by atoms with van der Waals surface area (Å²) in [6, 6.07) is 8.03. The van der Waals surface area contributed by atoms with Crippen molar-refractivity contribution < 1.29 is 9.53 Å². The Bertz CT molecular complexity index is 597. The van der Waals surface area contributed by atoms with Gasteiger partial charge in [-0.2, -0.15) is 0 Å². The second-order valence-electron chi connectivity index (χ2n) is 6.95. The van der Waals surface area contributed by atoms with Gasteiger partial charge in [0.1, 0.15) is 5.75 Å². The summed E-state index contributed by atoms with van der Waals surface area (Å²) < 4.78 is 5.95. The smallest absolute Gasteiger partial charge is 0.241 e. The van der Waals surface area contributed by atoms with Crippen molar-refractivity contribution in [3.05, 3.63) is 29.8 Å². The zero-order valence-electron chi connectivity index (χ0n) is 16.3. The van der Waals surface area contributed by atoms with Gasteiger partial charge in [-0.15, -0.1) is 0 Å². The number of ether oxygens (including phenoxy) is 1. The number of carbonyl (C=O) groups excluding carboxylic acids is 1. The lowest BCUT2D eigenvalue weighted by Gasteiger charge is -2.15. The van der Waals surface area contributed by atoms with Crippen molar-refractivity contribution in [2.45, 2.75) is 39.2 Å². The average Bonchev–Trinajstić information content (AvgIpc) is 3.46. The van der Waals surface area contributed by atoms with Gasteiger partial charge in [0.2, 0.25) is 5.91 Å². The Labute approximate surface area is 157 Å². The molecule has 0 atom stereocenters. The van der Waals surface area contributed by atoms with Crippen molar-refractivity contribution in [2.24, 2.45) is 10.9 Å². The van der Waals surface area contributed by atoms with Crippen LogP contribution in [0, 0.1) is 5.92 Å². The highest BCUT2D eigenvalue weighted by Gasteiger charge is 2.22. The Hall–Kier alpha value is -2.24. The van der Waals surface area contributed by atoms with Crippen molar-refractivity contribution >= 4 is 11.9 Å². The molecule has 0 aromatic heterocycles. The molecule has 2 N–H and O–H groups in total. The largest absolute Gasteiger partial charge is 0.493 e. The predicted molar refractivity (Wildman–Crippen MR) is 105 cm³/mol. The molecule has 0 bridgehead atoms. The van der Waals surface area contributed by atoms with Gasteiger partial charge < -0.3 is 20.3 Å². The van der Waals surface area contributed by atoms with Crippen LogP contribution in [0.25, 0.3) is 0 Å². The molecule has 144 valence electrons. The van der Waals surface area contributed by atoms with Gasteiger partial charge in [-0.3, -0.25) is 4.79 Å². The molecule has 6 nitrogen and oxygen atoms in total. The van der Waals surface area contributed by atoms with E-state index < -0.39 is 0 Å². The number of para-hydroxylation sites is 1. The zero-order valence-corrected chi connectivity index (χ0v) is 16.3. The molecule has 0 spiro atoms. The number of unbranched alkanes of at least 4 members (excludes halogenated alkanes) is 1. The van der Waals surface area contributed by atoms with Crippen molar-refractivity contribution in [2.75, 3.05) is 33.8 Å². The Morgan fingerprint density at radius 2 is 2.04 bits per heavy atom. The van der Waals surface area contributed by atoms with Crippen LogP contribution in [-0.4, -0.2) is 50.6 Å². The van der Waals surface area contributed by atoms with E-state index in [1.54, 1.807) is 19.0 Å². The molecule has 0 unspecified atom stereocenters. The number of nitrogens with zero attached hydrogens (tertiary/aromatic N) is 2. The van der Waals surface area contributed by atoms with Crippen LogP contribution >= 0.6 is 0 Å². The summed E-state index contributed by atoms with van der Waals surface area (Å²) in [5, 5.41) is 6.41. The van der Waals surface area contributed by atoms with Gasteiger partial charge in [0.05, 0.1) is 19.7 Å². The molecule has 1 amide bonds. The molecule has 1 fully saturated rings. The Morgan fingerprint density at radius 3 is 2.73 bits per heavy atom. The first kappa shape index (κ1) is 20.1. The second-order valence-corrected chi connectivity index (χ2v) is 6.95. The van der Waals surface area contributed by atoms with Gasteiger partial charge in [-0.05, 0) is 31.2 Å². The number of carbonyl (C=O) groups is 1. The highest BCUT2D eigenvalue weighted by molar-refractivity contribution is 5.86. The van der Waals surface area contributed by atoms with E-state index in [9.17, 15) is 4.79 Å². The Morgan fingerprint density at radius 1 is 1.27 bits per heavy atom. The van der Waals surface area contributed by atoms with Crippen LogP contribution in [-0.2, 0) is 11.3 Å². The van der Waals surface area contributed by atoms with Crippen LogP contribution in [0.4, 0.5) is 0 Å². The summed E-state index contributed by atoms with van der Waals surface area (Å²) in [4.78, 5) is 18.0. The van der Waals surface area contributed by atoms with Crippen LogP contribution in [0.1, 0.15) is 38.2 Å². The first-order chi connectivity index (χ1) is 12.6. The lowest BCUT2D eigenvalue weighted by Crippen LogP contribution is -2.43. The minimum Gasteiger partial charge on any atom is -0.493 e. The molecule has 6 heteroatoms. The third kappa shape index (κ3) is 7.33. The van der Waals surface area contributed by atoms with Gasteiger partial charge in [0.25, 0.3) is 0 Å². The first-order valence-electron chi connectivity index (χ1n) is 9.53. The topological polar surface area (TPSA) is 66.0 Å². The van der Waals surface area contributed by atoms with Crippen LogP contribution in [0.2, 0.25) is 0 Å². The van der Waals surface area contributed by atoms with Crippen molar-refractivity contribution in [1.29, 1.82) is 0 Å². The van der Waals surface area contributed by atoms with Crippen LogP contribution in [0.5, 0.6) is 5.75 Å². The number of hydrogen-bond donors (Lipinski definition) is 2. The van der Waals surface area contributed by atoms with Gasteiger partial charge in [-0.25, -0.2) is 4.99 Å². The molecule has 1 saturated carbocycles. The minimum absolute atomic E-state index is 0.0168. The zero-order chi connectivity index (χ0) is 18.8. The van der Waals surface area contributed by atoms with Gasteiger partial charge >= 0.3 is 0 Å². The Balaban J connectivity index is 1.96. The fourth-order valence-corrected chi connectivity index (χ4v) is 2.31. The predicted octanol–water partition coefficient (Wildman–Crippen LogP) is 2.40. The number of amides is 1. The number of hydrogen-bond acceptors (Lipinski definition) is 3. The molecular formula is C20H32N4O2. The lowest BCUT2D eigenvalue weighted by atomic mass is 10.2. The number of likely N-dealkylation sites (N-methyl/N-ethyl adjacent to an activating group) is 1. The van der Waals surface area contributed by atoms with E-state index in [1.807, 2.05) is 24.3 Å². The highest BCUT2D eigenvalue weighted by atomic mass is 16.5. The van der Waals surface area contributed by atoms with Gasteiger partial charge in [0.15, 0.2) is 5.96 Å². The van der Waals surface area contributed by atoms with Crippen molar-refractivity contribution in [3.8, 4) is 5.75 Å². The maximum atomic E-state index is 11.8. The maximum Gasteiger partial charge on any atom is 0.241 e. The standard InChI is InChI=1S/C20H32N4O2/c1-4-5-12-21-20(23-14-19(25)24(2)3)22-13-17-8-6-7-9-18(17)26-15-16-10-11-16/h6-9,16H,4-5,10-15H2,1-3H3,(H2,21,22,23). The highest BCUT2D eigenvalue weighted by Crippen LogP contribution is 2.30. The molecule has 0 heterocycles. The first-order valence-corrected chi connectivity index (χ1v) is 9.53. The number of guanidine groups is 1. The van der Waals surface area contributed by atoms with E-state index in [1.165, 1.54) is 12.8 Å². The lowest BCUT2D eigenvalue weighted by molar-refractivity contribution is -0.127. The van der Waals surface area contributed by atoms with Crippen LogP contribution in [0.3, 0.4) is 0 Å². The summed E-state index contributed by atoms with van der Waals surface area (Å²) in [7, 11) is 3.50. The summed E-state index contributed by atoms with van der Waals surface area (Å²) in [5.74, 6) is 2.30. The van der Waals surface area contributed by atoms with E-state index in [-0.39, 0.29) is 12.5 Å². The molecule has 1 aliphatic rings. The Kier molecular flexibility index (Phi) is 8.25. The van der Waals surface area contributed by atoms with Crippen LogP contribution < -0.4 is 15.4 Å². The monoisotopic (exact) mass is 360 g/mol. The summed E-state index contributed by atoms with van der Waals surface area (Å²) >= 11 is 0. The fraction of sp³-hybridized carbons (Fsp3) is 0.600. The number of benzene rings is 1. The van der Waals surface area contributed by atoms with E-state index in [0.717, 1.165) is 43.2 Å². The molecule has 0 aliphatic heterocycles. The van der Waals surface area contributed by atoms with Gasteiger partial charge in [-0.1, -0.05) is 31.5 Å². The molecule has 1 aliphatic carbocycles.